The fraction of sp³-hybridized carbons (Fsp3) is 0.733. The molecule has 2 unspecified atom stereocenters. The molecule has 1 aromatic heterocycles. The van der Waals surface area contributed by atoms with Crippen molar-refractivity contribution in [2.75, 3.05) is 19.6 Å². The molecule has 0 saturated carbocycles. The Morgan fingerprint density at radius 3 is 2.60 bits per heavy atom. The maximum absolute atomic E-state index is 12.2. The van der Waals surface area contributed by atoms with Gasteiger partial charge in [-0.25, -0.2) is 4.98 Å². The molecule has 4 rings (SSSR count). The molecule has 4 heterocycles. The Morgan fingerprint density at radius 1 is 1.35 bits per heavy atom. The van der Waals surface area contributed by atoms with Crippen LogP contribution in [0.2, 0.25) is 0 Å². The van der Waals surface area contributed by atoms with Gasteiger partial charge in [0.25, 0.3) is 5.56 Å². The third kappa shape index (κ3) is 2.52. The van der Waals surface area contributed by atoms with Gasteiger partial charge in [-0.05, 0) is 52.6 Å². The van der Waals surface area contributed by atoms with Crippen LogP contribution < -0.4 is 10.9 Å². The van der Waals surface area contributed by atoms with Crippen LogP contribution in [-0.2, 0) is 0 Å². The highest BCUT2D eigenvalue weighted by Crippen LogP contribution is 2.29. The van der Waals surface area contributed by atoms with Crippen LogP contribution in [0.1, 0.15) is 42.9 Å². The summed E-state index contributed by atoms with van der Waals surface area (Å²) in [6, 6.07) is 0.560. The lowest BCUT2D eigenvalue weighted by Gasteiger charge is -2.46. The molecular weight excluding hydrogens is 252 g/mol. The Bertz CT molecular complexity index is 545. The van der Waals surface area contributed by atoms with Gasteiger partial charge < -0.3 is 15.2 Å². The molecule has 20 heavy (non-hydrogen) atoms. The number of fused-ring (bicyclic) bond motifs is 3. The number of rotatable bonds is 3. The van der Waals surface area contributed by atoms with Crippen molar-refractivity contribution < 1.29 is 0 Å². The molecule has 0 spiro atoms. The van der Waals surface area contributed by atoms with Crippen LogP contribution in [0.15, 0.2) is 4.79 Å². The molecule has 110 valence electrons. The average Bonchev–Trinajstić information content (AvgIpc) is 2.38. The molecule has 5 heteroatoms. The lowest BCUT2D eigenvalue weighted by molar-refractivity contribution is 0.0679. The van der Waals surface area contributed by atoms with Crippen molar-refractivity contribution in [2.45, 2.75) is 45.7 Å². The van der Waals surface area contributed by atoms with E-state index in [0.717, 1.165) is 23.7 Å². The Kier molecular flexibility index (Phi) is 3.65. The topological polar surface area (TPSA) is 61.0 Å². The molecule has 0 amide bonds. The minimum Gasteiger partial charge on any atom is -0.310 e. The number of H-pyrrole nitrogens is 1. The van der Waals surface area contributed by atoms with Gasteiger partial charge in [-0.1, -0.05) is 0 Å². The number of hydrogen-bond donors (Lipinski definition) is 2. The van der Waals surface area contributed by atoms with Crippen molar-refractivity contribution in [3.63, 3.8) is 0 Å². The smallest absolute Gasteiger partial charge is 0.255 e. The van der Waals surface area contributed by atoms with Gasteiger partial charge in [0.2, 0.25) is 0 Å². The van der Waals surface area contributed by atoms with Gasteiger partial charge in [0.05, 0.1) is 5.56 Å². The Balaban J connectivity index is 1.77. The van der Waals surface area contributed by atoms with Gasteiger partial charge in [-0.15, -0.1) is 0 Å². The van der Waals surface area contributed by atoms with Gasteiger partial charge >= 0.3 is 0 Å². The summed E-state index contributed by atoms with van der Waals surface area (Å²) in [5, 5.41) is 3.67. The summed E-state index contributed by atoms with van der Waals surface area (Å²) in [5.74, 6) is 1.45. The number of nitrogens with one attached hydrogen (secondary N) is 2. The maximum Gasteiger partial charge on any atom is 0.255 e. The molecule has 2 bridgehead atoms. The number of hydrogen-bond acceptors (Lipinski definition) is 4. The van der Waals surface area contributed by atoms with Crippen molar-refractivity contribution in [3.8, 4) is 0 Å². The number of nitrogens with zero attached hydrogens (tertiary/aromatic N) is 2. The summed E-state index contributed by atoms with van der Waals surface area (Å²) >= 11 is 0. The average molecular weight is 276 g/mol. The highest BCUT2D eigenvalue weighted by molar-refractivity contribution is 5.20. The van der Waals surface area contributed by atoms with E-state index < -0.39 is 0 Å². The van der Waals surface area contributed by atoms with E-state index in [-0.39, 0.29) is 11.6 Å². The zero-order valence-electron chi connectivity index (χ0n) is 12.6. The number of aryl methyl sites for hydroxylation is 2. The minimum absolute atomic E-state index is 0.00345. The van der Waals surface area contributed by atoms with E-state index in [2.05, 4.69) is 27.1 Å². The highest BCUT2D eigenvalue weighted by atomic mass is 16.1. The van der Waals surface area contributed by atoms with Gasteiger partial charge in [-0.3, -0.25) is 4.79 Å². The van der Waals surface area contributed by atoms with E-state index in [1.165, 1.54) is 25.9 Å². The van der Waals surface area contributed by atoms with Crippen molar-refractivity contribution in [2.24, 2.45) is 5.92 Å². The zero-order chi connectivity index (χ0) is 14.3. The second-order valence-corrected chi connectivity index (χ2v) is 6.28. The Hall–Kier alpha value is -1.20. The molecule has 1 aromatic rings. The Morgan fingerprint density at radius 2 is 2.05 bits per heavy atom. The molecule has 3 aliphatic heterocycles. The molecule has 0 radical (unpaired) electrons. The molecule has 0 aromatic carbocycles. The van der Waals surface area contributed by atoms with Crippen LogP contribution in [0.3, 0.4) is 0 Å². The second kappa shape index (κ2) is 5.30. The van der Waals surface area contributed by atoms with E-state index in [1.807, 2.05) is 13.8 Å². The lowest BCUT2D eigenvalue weighted by Crippen LogP contribution is -2.56. The first-order chi connectivity index (χ1) is 9.54. The zero-order valence-corrected chi connectivity index (χ0v) is 12.6. The maximum atomic E-state index is 12.2. The van der Waals surface area contributed by atoms with Crippen molar-refractivity contribution >= 4 is 0 Å². The minimum atomic E-state index is -0.00345. The summed E-state index contributed by atoms with van der Waals surface area (Å²) in [6.07, 6.45) is 2.57. The monoisotopic (exact) mass is 276 g/mol. The summed E-state index contributed by atoms with van der Waals surface area (Å²) < 4.78 is 0. The fourth-order valence-corrected chi connectivity index (χ4v) is 3.80. The standard InChI is InChI=1S/C15H24N4O/c1-9-14(15(20)18-11(3)16-9)10(2)17-13-8-19-6-4-12(13)5-7-19/h10,12-13,17H,4-8H2,1-3H3,(H,16,18,20). The summed E-state index contributed by atoms with van der Waals surface area (Å²) in [6.45, 7) is 9.42. The molecule has 3 aliphatic rings. The van der Waals surface area contributed by atoms with Crippen LogP contribution >= 0.6 is 0 Å². The van der Waals surface area contributed by atoms with Crippen LogP contribution in [0.25, 0.3) is 0 Å². The van der Waals surface area contributed by atoms with Gasteiger partial charge in [0.15, 0.2) is 0 Å². The number of piperidine rings is 3. The quantitative estimate of drug-likeness (QED) is 0.869. The predicted octanol–water partition coefficient (Wildman–Crippen LogP) is 1.13. The van der Waals surface area contributed by atoms with E-state index in [4.69, 9.17) is 0 Å². The first kappa shape index (κ1) is 13.8. The first-order valence-corrected chi connectivity index (χ1v) is 7.60. The van der Waals surface area contributed by atoms with Gasteiger partial charge in [0.1, 0.15) is 5.82 Å². The van der Waals surface area contributed by atoms with Crippen molar-refractivity contribution in [1.29, 1.82) is 0 Å². The van der Waals surface area contributed by atoms with Crippen molar-refractivity contribution in [1.82, 2.24) is 20.2 Å². The van der Waals surface area contributed by atoms with E-state index in [9.17, 15) is 4.79 Å². The molecular formula is C15H24N4O. The molecule has 3 fully saturated rings. The van der Waals surface area contributed by atoms with E-state index in [0.29, 0.717) is 11.9 Å². The van der Waals surface area contributed by atoms with Crippen molar-refractivity contribution in [3.05, 3.63) is 27.4 Å². The molecule has 2 atom stereocenters. The van der Waals surface area contributed by atoms with E-state index in [1.54, 1.807) is 0 Å². The molecule has 0 aliphatic carbocycles. The predicted molar refractivity (Wildman–Crippen MR) is 78.8 cm³/mol. The molecule has 5 nitrogen and oxygen atoms in total. The summed E-state index contributed by atoms with van der Waals surface area (Å²) in [5.41, 5.74) is 1.62. The van der Waals surface area contributed by atoms with Crippen LogP contribution in [-0.4, -0.2) is 40.5 Å². The van der Waals surface area contributed by atoms with Gasteiger partial charge in [-0.2, -0.15) is 0 Å². The number of aromatic amines is 1. The third-order valence-corrected chi connectivity index (χ3v) is 4.82. The second-order valence-electron chi connectivity index (χ2n) is 6.28. The summed E-state index contributed by atoms with van der Waals surface area (Å²) in [4.78, 5) is 21.9. The largest absolute Gasteiger partial charge is 0.310 e. The SMILES string of the molecule is Cc1nc(C)c(C(C)NC2CN3CCC2CC3)c(=O)[nH]1. The van der Waals surface area contributed by atoms with Crippen LogP contribution in [0.5, 0.6) is 0 Å². The van der Waals surface area contributed by atoms with E-state index >= 15 is 0 Å². The summed E-state index contributed by atoms with van der Waals surface area (Å²) in [7, 11) is 0. The Labute approximate surface area is 119 Å². The third-order valence-electron chi connectivity index (χ3n) is 4.82. The van der Waals surface area contributed by atoms with Gasteiger partial charge in [0, 0.05) is 24.3 Å². The van der Waals surface area contributed by atoms with Crippen LogP contribution in [0, 0.1) is 19.8 Å². The molecule has 3 saturated heterocycles. The fourth-order valence-electron chi connectivity index (χ4n) is 3.80. The number of aromatic nitrogens is 2. The molecule has 2 N–H and O–H groups in total. The first-order valence-electron chi connectivity index (χ1n) is 7.60. The normalized spacial score (nSPS) is 30.4. The van der Waals surface area contributed by atoms with Crippen LogP contribution in [0.4, 0.5) is 0 Å². The highest BCUT2D eigenvalue weighted by Gasteiger charge is 2.35. The lowest BCUT2D eigenvalue weighted by atomic mass is 9.83.